The van der Waals surface area contributed by atoms with Crippen LogP contribution in [-0.2, 0) is 12.8 Å². The Bertz CT molecular complexity index is 481. The molecule has 0 aromatic carbocycles. The number of rotatable bonds is 3. The Kier molecular flexibility index (Phi) is 5.20. The van der Waals surface area contributed by atoms with Gasteiger partial charge in [0, 0.05) is 24.2 Å². The van der Waals surface area contributed by atoms with Gasteiger partial charge < -0.3 is 0 Å². The number of hydrogen-bond donors (Lipinski definition) is 0. The van der Waals surface area contributed by atoms with Crippen molar-refractivity contribution in [1.29, 1.82) is 0 Å². The summed E-state index contributed by atoms with van der Waals surface area (Å²) in [5.74, 6) is 0. The lowest BCUT2D eigenvalue weighted by molar-refractivity contribution is 0.870. The molecule has 0 saturated heterocycles. The van der Waals surface area contributed by atoms with Crippen LogP contribution in [0, 0.1) is 14.1 Å². The molecule has 0 aliphatic heterocycles. The van der Waals surface area contributed by atoms with Crippen LogP contribution in [0.15, 0.2) is 24.3 Å². The lowest BCUT2D eigenvalue weighted by Gasteiger charge is -2.04. The molecule has 94 valence electrons. The first-order chi connectivity index (χ1) is 8.52. The summed E-state index contributed by atoms with van der Waals surface area (Å²) in [7, 11) is 0. The molecule has 0 bridgehead atoms. The third-order valence-corrected chi connectivity index (χ3v) is 3.86. The highest BCUT2D eigenvalue weighted by Gasteiger charge is 2.03. The van der Waals surface area contributed by atoms with Crippen LogP contribution in [0.25, 0.3) is 0 Å². The predicted molar refractivity (Wildman–Crippen MR) is 91.1 cm³/mol. The molecule has 0 amide bonds. The molecule has 0 radical (unpaired) electrons. The van der Waals surface area contributed by atoms with Crippen LogP contribution in [0.2, 0.25) is 5.15 Å². The first-order valence-corrected chi connectivity index (χ1v) is 8.01. The third-order valence-electron chi connectivity index (χ3n) is 2.42. The SMILES string of the molecule is Cc1cc(I)cc(CCc2cc(I)cc(Cl)n2)n1. The van der Waals surface area contributed by atoms with Gasteiger partial charge in [0.25, 0.3) is 0 Å². The smallest absolute Gasteiger partial charge is 0.130 e. The molecule has 2 rings (SSSR count). The topological polar surface area (TPSA) is 25.8 Å². The van der Waals surface area contributed by atoms with Gasteiger partial charge in [0.15, 0.2) is 0 Å². The van der Waals surface area contributed by atoms with Gasteiger partial charge >= 0.3 is 0 Å². The molecule has 2 heterocycles. The molecule has 0 spiro atoms. The van der Waals surface area contributed by atoms with E-state index in [1.54, 1.807) is 0 Å². The van der Waals surface area contributed by atoms with Crippen LogP contribution in [0.3, 0.4) is 0 Å². The fraction of sp³-hybridized carbons (Fsp3) is 0.231. The molecular weight excluding hydrogens is 473 g/mol. The summed E-state index contributed by atoms with van der Waals surface area (Å²) in [4.78, 5) is 8.85. The Labute approximate surface area is 139 Å². The van der Waals surface area contributed by atoms with Crippen molar-refractivity contribution >= 4 is 56.8 Å². The van der Waals surface area contributed by atoms with Gasteiger partial charge in [-0.05, 0) is 89.2 Å². The maximum atomic E-state index is 5.95. The van der Waals surface area contributed by atoms with Gasteiger partial charge in [0.1, 0.15) is 5.15 Å². The molecule has 5 heteroatoms. The summed E-state index contributed by atoms with van der Waals surface area (Å²) in [6.45, 7) is 2.02. The van der Waals surface area contributed by atoms with Crippen LogP contribution in [0.1, 0.15) is 17.1 Å². The Morgan fingerprint density at radius 3 is 2.06 bits per heavy atom. The van der Waals surface area contributed by atoms with Crippen molar-refractivity contribution in [2.45, 2.75) is 19.8 Å². The summed E-state index contributed by atoms with van der Waals surface area (Å²) < 4.78 is 2.35. The minimum Gasteiger partial charge on any atom is -0.258 e. The van der Waals surface area contributed by atoms with Gasteiger partial charge in [-0.1, -0.05) is 11.6 Å². The van der Waals surface area contributed by atoms with E-state index < -0.39 is 0 Å². The number of nitrogens with zero attached hydrogens (tertiary/aromatic N) is 2. The monoisotopic (exact) mass is 484 g/mol. The highest BCUT2D eigenvalue weighted by atomic mass is 127. The summed E-state index contributed by atoms with van der Waals surface area (Å²) in [6.07, 6.45) is 1.75. The van der Waals surface area contributed by atoms with Crippen LogP contribution in [-0.4, -0.2) is 9.97 Å². The van der Waals surface area contributed by atoms with E-state index in [-0.39, 0.29) is 0 Å². The maximum Gasteiger partial charge on any atom is 0.130 e. The molecule has 0 aliphatic carbocycles. The van der Waals surface area contributed by atoms with Gasteiger partial charge in [-0.2, -0.15) is 0 Å². The highest BCUT2D eigenvalue weighted by Crippen LogP contribution is 2.15. The second-order valence-corrected chi connectivity index (χ2v) is 6.90. The van der Waals surface area contributed by atoms with E-state index in [1.807, 2.05) is 13.0 Å². The lowest BCUT2D eigenvalue weighted by atomic mass is 10.1. The lowest BCUT2D eigenvalue weighted by Crippen LogP contribution is -1.99. The zero-order valence-electron chi connectivity index (χ0n) is 9.75. The third kappa shape index (κ3) is 4.31. The second kappa shape index (κ2) is 6.47. The minimum absolute atomic E-state index is 0.559. The van der Waals surface area contributed by atoms with E-state index >= 15 is 0 Å². The highest BCUT2D eigenvalue weighted by molar-refractivity contribution is 14.1. The summed E-state index contributed by atoms with van der Waals surface area (Å²) >= 11 is 10.5. The van der Waals surface area contributed by atoms with Crippen molar-refractivity contribution in [3.63, 3.8) is 0 Å². The summed E-state index contributed by atoms with van der Waals surface area (Å²) in [6, 6.07) is 8.11. The van der Waals surface area contributed by atoms with E-state index in [0.717, 1.165) is 33.5 Å². The minimum atomic E-state index is 0.559. The normalized spacial score (nSPS) is 10.7. The predicted octanol–water partition coefficient (Wildman–Crippen LogP) is 4.43. The van der Waals surface area contributed by atoms with E-state index in [1.165, 1.54) is 3.57 Å². The van der Waals surface area contributed by atoms with Gasteiger partial charge in [-0.15, -0.1) is 0 Å². The fourth-order valence-corrected chi connectivity index (χ4v) is 3.59. The van der Waals surface area contributed by atoms with E-state index in [0.29, 0.717) is 5.15 Å². The second-order valence-electron chi connectivity index (χ2n) is 4.02. The molecule has 2 aromatic heterocycles. The average Bonchev–Trinajstić information content (AvgIpc) is 2.23. The molecule has 0 unspecified atom stereocenters. The van der Waals surface area contributed by atoms with Crippen LogP contribution in [0.4, 0.5) is 0 Å². The Morgan fingerprint density at radius 1 is 0.944 bits per heavy atom. The van der Waals surface area contributed by atoms with Crippen molar-refractivity contribution in [3.05, 3.63) is 53.6 Å². The van der Waals surface area contributed by atoms with Gasteiger partial charge in [0.2, 0.25) is 0 Å². The standard InChI is InChI=1S/C13H11ClI2N2/c1-8-4-9(15)5-11(17-8)2-3-12-6-10(16)7-13(14)18-12/h4-7H,2-3H2,1H3. The molecular formula is C13H11ClI2N2. The Balaban J connectivity index is 2.11. The molecule has 0 atom stereocenters. The van der Waals surface area contributed by atoms with Crippen molar-refractivity contribution < 1.29 is 0 Å². The maximum absolute atomic E-state index is 5.95. The van der Waals surface area contributed by atoms with Gasteiger partial charge in [0.05, 0.1) is 0 Å². The van der Waals surface area contributed by atoms with Crippen molar-refractivity contribution in [2.75, 3.05) is 0 Å². The summed E-state index contributed by atoms with van der Waals surface area (Å²) in [5, 5.41) is 0.559. The number of aromatic nitrogens is 2. The van der Waals surface area contributed by atoms with Gasteiger partial charge in [-0.25, -0.2) is 4.98 Å². The zero-order chi connectivity index (χ0) is 13.1. The Hall–Kier alpha value is 0.0500. The van der Waals surface area contributed by atoms with Crippen molar-refractivity contribution in [2.24, 2.45) is 0 Å². The first kappa shape index (κ1) is 14.5. The molecule has 2 aromatic rings. The first-order valence-electron chi connectivity index (χ1n) is 5.48. The number of hydrogen-bond acceptors (Lipinski definition) is 2. The van der Waals surface area contributed by atoms with Gasteiger partial charge in [-0.3, -0.25) is 4.98 Å². The van der Waals surface area contributed by atoms with Crippen molar-refractivity contribution in [1.82, 2.24) is 9.97 Å². The number of pyridine rings is 2. The average molecular weight is 485 g/mol. The number of aryl methyl sites for hydroxylation is 3. The fourth-order valence-electron chi connectivity index (χ4n) is 1.72. The van der Waals surface area contributed by atoms with E-state index in [9.17, 15) is 0 Å². The van der Waals surface area contributed by atoms with Crippen molar-refractivity contribution in [3.8, 4) is 0 Å². The van der Waals surface area contributed by atoms with E-state index in [4.69, 9.17) is 11.6 Å². The van der Waals surface area contributed by atoms with Crippen LogP contribution in [0.5, 0.6) is 0 Å². The summed E-state index contributed by atoms with van der Waals surface area (Å²) in [5.41, 5.74) is 3.19. The zero-order valence-corrected chi connectivity index (χ0v) is 14.8. The molecule has 0 saturated carbocycles. The largest absolute Gasteiger partial charge is 0.258 e. The van der Waals surface area contributed by atoms with E-state index in [2.05, 4.69) is 73.3 Å². The molecule has 2 nitrogen and oxygen atoms in total. The number of halogens is 3. The Morgan fingerprint density at radius 2 is 1.50 bits per heavy atom. The molecule has 0 N–H and O–H groups in total. The quantitative estimate of drug-likeness (QED) is 0.476. The molecule has 18 heavy (non-hydrogen) atoms. The van der Waals surface area contributed by atoms with Crippen LogP contribution < -0.4 is 0 Å². The molecule has 0 aliphatic rings. The molecule has 0 fully saturated rings. The van der Waals surface area contributed by atoms with Crippen LogP contribution >= 0.6 is 56.8 Å².